The van der Waals surface area contributed by atoms with E-state index in [-0.39, 0.29) is 5.91 Å². The van der Waals surface area contributed by atoms with E-state index in [2.05, 4.69) is 25.5 Å². The Hall–Kier alpha value is -3.55. The van der Waals surface area contributed by atoms with Crippen LogP contribution in [0, 0.1) is 0 Å². The van der Waals surface area contributed by atoms with E-state index in [1.807, 2.05) is 37.3 Å². The van der Waals surface area contributed by atoms with E-state index in [9.17, 15) is 4.79 Å². The van der Waals surface area contributed by atoms with E-state index in [0.717, 1.165) is 35.4 Å². The van der Waals surface area contributed by atoms with E-state index in [4.69, 9.17) is 4.52 Å². The topological polar surface area (TPSA) is 98.2 Å². The number of fused-ring (bicyclic) bond motifs is 1. The van der Waals surface area contributed by atoms with Crippen molar-refractivity contribution in [3.63, 3.8) is 0 Å². The molecular weight excluding hydrogens is 344 g/mol. The Kier molecular flexibility index (Phi) is 4.61. The zero-order valence-electron chi connectivity index (χ0n) is 14.8. The quantitative estimate of drug-likeness (QED) is 0.566. The van der Waals surface area contributed by atoms with Crippen molar-refractivity contribution >= 4 is 11.7 Å². The zero-order valence-corrected chi connectivity index (χ0v) is 14.8. The Bertz CT molecular complexity index is 1070. The number of rotatable bonds is 6. The van der Waals surface area contributed by atoms with Crippen molar-refractivity contribution < 1.29 is 9.32 Å². The molecule has 27 heavy (non-hydrogen) atoms. The average Bonchev–Trinajstić information content (AvgIpc) is 3.36. The van der Waals surface area contributed by atoms with Gasteiger partial charge in [-0.3, -0.25) is 4.79 Å². The Morgan fingerprint density at radius 3 is 2.85 bits per heavy atom. The Morgan fingerprint density at radius 1 is 1.19 bits per heavy atom. The average molecular weight is 362 g/mol. The summed E-state index contributed by atoms with van der Waals surface area (Å²) < 4.78 is 6.83. The third-order valence-corrected chi connectivity index (χ3v) is 4.17. The molecule has 0 bridgehead atoms. The van der Waals surface area contributed by atoms with Crippen molar-refractivity contribution in [2.24, 2.45) is 0 Å². The molecule has 0 unspecified atom stereocenters. The molecular formula is C19H18N6O2. The maximum atomic E-state index is 12.2. The van der Waals surface area contributed by atoms with Gasteiger partial charge in [0, 0.05) is 30.8 Å². The van der Waals surface area contributed by atoms with Crippen molar-refractivity contribution in [3.8, 4) is 11.3 Å². The summed E-state index contributed by atoms with van der Waals surface area (Å²) in [6, 6.07) is 11.5. The van der Waals surface area contributed by atoms with Crippen LogP contribution in [0.15, 0.2) is 53.4 Å². The van der Waals surface area contributed by atoms with Crippen molar-refractivity contribution in [3.05, 3.63) is 65.9 Å². The number of carbonyl (C=O) groups excluding carboxylic acids is 1. The molecule has 0 fully saturated rings. The minimum atomic E-state index is -0.247. The molecule has 0 spiro atoms. The van der Waals surface area contributed by atoms with Gasteiger partial charge in [-0.1, -0.05) is 36.3 Å². The Balaban J connectivity index is 1.43. The van der Waals surface area contributed by atoms with Crippen molar-refractivity contribution in [1.82, 2.24) is 30.1 Å². The molecule has 3 aromatic heterocycles. The van der Waals surface area contributed by atoms with E-state index in [1.165, 1.54) is 6.33 Å². The smallest absolute Gasteiger partial charge is 0.273 e. The summed E-state index contributed by atoms with van der Waals surface area (Å²) in [6.07, 6.45) is 4.90. The van der Waals surface area contributed by atoms with Crippen LogP contribution in [-0.2, 0) is 13.0 Å². The van der Waals surface area contributed by atoms with Crippen LogP contribution >= 0.6 is 0 Å². The lowest BCUT2D eigenvalue weighted by molar-refractivity contribution is 0.0941. The molecule has 0 radical (unpaired) electrons. The second kappa shape index (κ2) is 7.36. The van der Waals surface area contributed by atoms with Gasteiger partial charge in [0.25, 0.3) is 11.7 Å². The van der Waals surface area contributed by atoms with E-state index < -0.39 is 0 Å². The molecule has 1 aromatic carbocycles. The third kappa shape index (κ3) is 3.55. The van der Waals surface area contributed by atoms with Gasteiger partial charge in [0.05, 0.1) is 5.69 Å². The summed E-state index contributed by atoms with van der Waals surface area (Å²) in [7, 11) is 0. The molecule has 8 heteroatoms. The van der Waals surface area contributed by atoms with Gasteiger partial charge in [0.2, 0.25) is 0 Å². The predicted octanol–water partition coefficient (Wildman–Crippen LogP) is 2.66. The highest BCUT2D eigenvalue weighted by atomic mass is 16.5. The summed E-state index contributed by atoms with van der Waals surface area (Å²) in [5.74, 6) is 1.03. The molecule has 0 saturated heterocycles. The summed E-state index contributed by atoms with van der Waals surface area (Å²) in [5, 5.41) is 10.9. The highest BCUT2D eigenvalue weighted by molar-refractivity contribution is 5.92. The summed E-state index contributed by atoms with van der Waals surface area (Å²) in [6.45, 7) is 2.45. The predicted molar refractivity (Wildman–Crippen MR) is 97.9 cm³/mol. The lowest BCUT2D eigenvalue weighted by Crippen LogP contribution is -2.23. The number of nitrogens with one attached hydrogen (secondary N) is 1. The molecule has 1 amide bonds. The molecule has 4 rings (SSSR count). The van der Waals surface area contributed by atoms with Crippen LogP contribution in [0.1, 0.15) is 35.2 Å². The number of nitrogens with zero attached hydrogens (tertiary/aromatic N) is 5. The van der Waals surface area contributed by atoms with Crippen LogP contribution < -0.4 is 5.32 Å². The van der Waals surface area contributed by atoms with Gasteiger partial charge < -0.3 is 9.84 Å². The zero-order chi connectivity index (χ0) is 18.6. The highest BCUT2D eigenvalue weighted by Gasteiger charge is 2.12. The molecule has 8 nitrogen and oxygen atoms in total. The fourth-order valence-corrected chi connectivity index (χ4v) is 2.81. The first kappa shape index (κ1) is 16.9. The summed E-state index contributed by atoms with van der Waals surface area (Å²) in [4.78, 5) is 20.4. The number of hydrogen-bond acceptors (Lipinski definition) is 6. The highest BCUT2D eigenvalue weighted by Crippen LogP contribution is 2.19. The van der Waals surface area contributed by atoms with Crippen LogP contribution in [0.5, 0.6) is 0 Å². The summed E-state index contributed by atoms with van der Waals surface area (Å²) in [5.41, 5.74) is 3.18. The molecule has 0 aliphatic rings. The van der Waals surface area contributed by atoms with E-state index in [0.29, 0.717) is 18.0 Å². The summed E-state index contributed by atoms with van der Waals surface area (Å²) >= 11 is 0. The van der Waals surface area contributed by atoms with Crippen LogP contribution in [0.25, 0.3) is 17.0 Å². The van der Waals surface area contributed by atoms with Gasteiger partial charge in [-0.25, -0.2) is 4.98 Å². The lowest BCUT2D eigenvalue weighted by Gasteiger charge is -2.06. The molecule has 3 heterocycles. The molecule has 0 atom stereocenters. The first-order chi connectivity index (χ1) is 13.2. The number of hydrogen-bond donors (Lipinski definition) is 1. The number of aryl methyl sites for hydroxylation is 1. The number of carbonyl (C=O) groups is 1. The molecule has 0 aliphatic carbocycles. The molecule has 136 valence electrons. The maximum Gasteiger partial charge on any atom is 0.273 e. The molecule has 0 saturated carbocycles. The minimum absolute atomic E-state index is 0.247. The van der Waals surface area contributed by atoms with Gasteiger partial charge >= 0.3 is 0 Å². The SMILES string of the molecule is CCCc1cc(C(=O)NCc2ccc(-c3ccnc4ncnn34)cc2)no1. The second-order valence-electron chi connectivity index (χ2n) is 6.11. The van der Waals surface area contributed by atoms with Crippen molar-refractivity contribution in [2.75, 3.05) is 0 Å². The second-order valence-corrected chi connectivity index (χ2v) is 6.11. The van der Waals surface area contributed by atoms with Crippen LogP contribution in [-0.4, -0.2) is 30.6 Å². The molecule has 4 aromatic rings. The normalized spacial score (nSPS) is 11.0. The Labute approximate surface area is 155 Å². The standard InChI is InChI=1S/C19H18N6O2/c1-2-3-15-10-16(24-27-15)18(26)21-11-13-4-6-14(7-5-13)17-8-9-20-19-22-12-23-25(17)19/h4-10,12H,2-3,11H2,1H3,(H,21,26). The molecule has 0 aliphatic heterocycles. The van der Waals surface area contributed by atoms with Gasteiger partial charge in [-0.2, -0.15) is 14.6 Å². The lowest BCUT2D eigenvalue weighted by atomic mass is 10.1. The van der Waals surface area contributed by atoms with E-state index in [1.54, 1.807) is 16.8 Å². The first-order valence-corrected chi connectivity index (χ1v) is 8.72. The number of amides is 1. The van der Waals surface area contributed by atoms with Crippen LogP contribution in [0.2, 0.25) is 0 Å². The Morgan fingerprint density at radius 2 is 2.04 bits per heavy atom. The van der Waals surface area contributed by atoms with Gasteiger partial charge in [-0.15, -0.1) is 0 Å². The minimum Gasteiger partial charge on any atom is -0.361 e. The monoisotopic (exact) mass is 362 g/mol. The first-order valence-electron chi connectivity index (χ1n) is 8.72. The van der Waals surface area contributed by atoms with Gasteiger partial charge in [0.15, 0.2) is 5.69 Å². The maximum absolute atomic E-state index is 12.2. The van der Waals surface area contributed by atoms with Crippen molar-refractivity contribution in [2.45, 2.75) is 26.3 Å². The fourth-order valence-electron chi connectivity index (χ4n) is 2.81. The fraction of sp³-hybridized carbons (Fsp3) is 0.211. The van der Waals surface area contributed by atoms with Gasteiger partial charge in [-0.05, 0) is 18.1 Å². The van der Waals surface area contributed by atoms with E-state index >= 15 is 0 Å². The van der Waals surface area contributed by atoms with Crippen LogP contribution in [0.3, 0.4) is 0 Å². The number of aromatic nitrogens is 5. The largest absolute Gasteiger partial charge is 0.361 e. The third-order valence-electron chi connectivity index (χ3n) is 4.17. The van der Waals surface area contributed by atoms with Crippen molar-refractivity contribution in [1.29, 1.82) is 0 Å². The number of benzene rings is 1. The van der Waals surface area contributed by atoms with Crippen LogP contribution in [0.4, 0.5) is 0 Å². The molecule has 1 N–H and O–H groups in total. The van der Waals surface area contributed by atoms with Gasteiger partial charge in [0.1, 0.15) is 12.1 Å².